The molecule has 26 heavy (non-hydrogen) atoms. The fourth-order valence-electron chi connectivity index (χ4n) is 2.59. The van der Waals surface area contributed by atoms with Crippen LogP contribution in [0.25, 0.3) is 10.2 Å². The summed E-state index contributed by atoms with van der Waals surface area (Å²) >= 11 is 1.33. The zero-order valence-corrected chi connectivity index (χ0v) is 14.6. The van der Waals surface area contributed by atoms with E-state index in [0.717, 1.165) is 10.2 Å². The van der Waals surface area contributed by atoms with Gasteiger partial charge in [0.15, 0.2) is 16.6 Å². The van der Waals surface area contributed by atoms with E-state index in [1.165, 1.54) is 18.3 Å². The highest BCUT2D eigenvalue weighted by Gasteiger charge is 2.27. The van der Waals surface area contributed by atoms with Gasteiger partial charge in [-0.2, -0.15) is 0 Å². The Morgan fingerprint density at radius 2 is 1.96 bits per heavy atom. The molecule has 2 heterocycles. The number of ether oxygens (including phenoxy) is 2. The van der Waals surface area contributed by atoms with E-state index in [9.17, 15) is 9.59 Å². The first-order valence-corrected chi connectivity index (χ1v) is 8.78. The van der Waals surface area contributed by atoms with Gasteiger partial charge in [-0.15, -0.1) is 0 Å². The van der Waals surface area contributed by atoms with Gasteiger partial charge in [0.05, 0.1) is 10.2 Å². The Hall–Kier alpha value is -3.13. The molecule has 3 aromatic rings. The van der Waals surface area contributed by atoms with Crippen LogP contribution >= 0.6 is 11.3 Å². The van der Waals surface area contributed by atoms with Gasteiger partial charge in [0.25, 0.3) is 5.91 Å². The molecule has 0 aliphatic carbocycles. The highest BCUT2D eigenvalue weighted by atomic mass is 32.1. The van der Waals surface area contributed by atoms with Crippen molar-refractivity contribution in [2.75, 3.05) is 17.2 Å². The Morgan fingerprint density at radius 1 is 1.15 bits per heavy atom. The zero-order valence-electron chi connectivity index (χ0n) is 13.8. The molecule has 0 saturated heterocycles. The second-order valence-corrected chi connectivity index (χ2v) is 6.77. The lowest BCUT2D eigenvalue weighted by atomic mass is 10.2. The number of anilines is 2. The minimum atomic E-state index is -0.744. The summed E-state index contributed by atoms with van der Waals surface area (Å²) in [5.74, 6) is 0.711. The SMILES string of the molecule is CC(=O)Nc1ccc2nc(NC(=O)[C@H]3COc4ccccc4O3)sc2c1. The van der Waals surface area contributed by atoms with Gasteiger partial charge in [0.1, 0.15) is 6.61 Å². The normalized spacial score (nSPS) is 15.5. The molecule has 0 bridgehead atoms. The number of carbonyl (C=O) groups is 2. The number of nitrogens with zero attached hydrogens (tertiary/aromatic N) is 1. The number of hydrogen-bond donors (Lipinski definition) is 2. The summed E-state index contributed by atoms with van der Waals surface area (Å²) in [4.78, 5) is 28.0. The minimum absolute atomic E-state index is 0.139. The summed E-state index contributed by atoms with van der Waals surface area (Å²) in [6, 6.07) is 12.6. The molecule has 0 spiro atoms. The number of rotatable bonds is 3. The smallest absolute Gasteiger partial charge is 0.270 e. The fourth-order valence-corrected chi connectivity index (χ4v) is 3.50. The highest BCUT2D eigenvalue weighted by molar-refractivity contribution is 7.22. The molecule has 2 aromatic carbocycles. The predicted octanol–water partition coefficient (Wildman–Crippen LogP) is 3.03. The third kappa shape index (κ3) is 3.31. The van der Waals surface area contributed by atoms with E-state index < -0.39 is 6.10 Å². The van der Waals surface area contributed by atoms with Crippen LogP contribution in [0.2, 0.25) is 0 Å². The van der Waals surface area contributed by atoms with Crippen molar-refractivity contribution in [1.82, 2.24) is 4.98 Å². The van der Waals surface area contributed by atoms with Gasteiger partial charge < -0.3 is 14.8 Å². The Balaban J connectivity index is 1.48. The maximum atomic E-state index is 12.5. The molecule has 8 heteroatoms. The molecular weight excluding hydrogens is 354 g/mol. The molecule has 7 nitrogen and oxygen atoms in total. The average molecular weight is 369 g/mol. The fraction of sp³-hybridized carbons (Fsp3) is 0.167. The summed E-state index contributed by atoms with van der Waals surface area (Å²) < 4.78 is 12.1. The topological polar surface area (TPSA) is 89.6 Å². The first-order chi connectivity index (χ1) is 12.6. The van der Waals surface area contributed by atoms with Crippen LogP contribution in [0, 0.1) is 0 Å². The van der Waals surface area contributed by atoms with Crippen LogP contribution in [0.15, 0.2) is 42.5 Å². The molecule has 0 radical (unpaired) electrons. The summed E-state index contributed by atoms with van der Waals surface area (Å²) in [5, 5.41) is 5.96. The van der Waals surface area contributed by atoms with Gasteiger partial charge in [-0.1, -0.05) is 23.5 Å². The van der Waals surface area contributed by atoms with Crippen molar-refractivity contribution in [2.24, 2.45) is 0 Å². The number of benzene rings is 2. The number of fused-ring (bicyclic) bond motifs is 2. The summed E-state index contributed by atoms with van der Waals surface area (Å²) in [6.07, 6.45) is -0.744. The zero-order chi connectivity index (χ0) is 18.1. The van der Waals surface area contributed by atoms with Crippen LogP contribution in [0.5, 0.6) is 11.5 Å². The maximum absolute atomic E-state index is 12.5. The number of nitrogens with one attached hydrogen (secondary N) is 2. The minimum Gasteiger partial charge on any atom is -0.485 e. The van der Waals surface area contributed by atoms with Crippen molar-refractivity contribution < 1.29 is 19.1 Å². The van der Waals surface area contributed by atoms with Crippen LogP contribution in [-0.4, -0.2) is 29.5 Å². The molecule has 4 rings (SSSR count). The number of aromatic nitrogens is 1. The second-order valence-electron chi connectivity index (χ2n) is 5.74. The van der Waals surface area contributed by atoms with Crippen LogP contribution in [0.3, 0.4) is 0 Å². The van der Waals surface area contributed by atoms with Crippen LogP contribution in [0.1, 0.15) is 6.92 Å². The van der Waals surface area contributed by atoms with Crippen LogP contribution in [-0.2, 0) is 9.59 Å². The highest BCUT2D eigenvalue weighted by Crippen LogP contribution is 2.32. The number of hydrogen-bond acceptors (Lipinski definition) is 6. The standard InChI is InChI=1S/C18H15N3O4S/c1-10(22)19-11-6-7-12-16(8-11)26-18(20-12)21-17(23)15-9-24-13-4-2-3-5-14(13)25-15/h2-8,15H,9H2,1H3,(H,19,22)(H,20,21,23)/t15-/m1/s1. The Bertz CT molecular complexity index is 1000. The van der Waals surface area contributed by atoms with E-state index >= 15 is 0 Å². The van der Waals surface area contributed by atoms with Crippen molar-refractivity contribution >= 4 is 44.2 Å². The first kappa shape index (κ1) is 16.3. The molecule has 0 saturated carbocycles. The molecule has 1 aromatic heterocycles. The third-order valence-electron chi connectivity index (χ3n) is 3.74. The third-order valence-corrected chi connectivity index (χ3v) is 4.67. The maximum Gasteiger partial charge on any atom is 0.270 e. The number of amides is 2. The molecule has 1 aliphatic rings. The van der Waals surface area contributed by atoms with Crippen molar-refractivity contribution in [3.05, 3.63) is 42.5 Å². The van der Waals surface area contributed by atoms with E-state index in [2.05, 4.69) is 15.6 Å². The second kappa shape index (κ2) is 6.64. The van der Waals surface area contributed by atoms with Crippen LogP contribution < -0.4 is 20.1 Å². The van der Waals surface area contributed by atoms with E-state index in [1.807, 2.05) is 18.2 Å². The van der Waals surface area contributed by atoms with Gasteiger partial charge in [0.2, 0.25) is 12.0 Å². The summed E-state index contributed by atoms with van der Waals surface area (Å²) in [7, 11) is 0. The monoisotopic (exact) mass is 369 g/mol. The molecule has 132 valence electrons. The van der Waals surface area contributed by atoms with E-state index in [4.69, 9.17) is 9.47 Å². The van der Waals surface area contributed by atoms with Crippen LogP contribution in [0.4, 0.5) is 10.8 Å². The Labute approximate surface area is 152 Å². The lowest BCUT2D eigenvalue weighted by Gasteiger charge is -2.25. The molecule has 1 aliphatic heterocycles. The van der Waals surface area contributed by atoms with E-state index in [-0.39, 0.29) is 18.4 Å². The van der Waals surface area contributed by atoms with Gasteiger partial charge in [-0.05, 0) is 30.3 Å². The van der Waals surface area contributed by atoms with Gasteiger partial charge in [0, 0.05) is 12.6 Å². The molecule has 0 unspecified atom stereocenters. The molecular formula is C18H15N3O4S. The number of thiazole rings is 1. The van der Waals surface area contributed by atoms with Crippen molar-refractivity contribution in [2.45, 2.75) is 13.0 Å². The van der Waals surface area contributed by atoms with E-state index in [1.54, 1.807) is 24.3 Å². The van der Waals surface area contributed by atoms with Gasteiger partial charge >= 0.3 is 0 Å². The largest absolute Gasteiger partial charge is 0.485 e. The Morgan fingerprint density at radius 3 is 2.77 bits per heavy atom. The van der Waals surface area contributed by atoms with Crippen molar-refractivity contribution in [1.29, 1.82) is 0 Å². The number of para-hydroxylation sites is 2. The summed E-state index contributed by atoms with van der Waals surface area (Å²) in [6.45, 7) is 1.59. The lowest BCUT2D eigenvalue weighted by Crippen LogP contribution is -2.40. The predicted molar refractivity (Wildman–Crippen MR) is 98.9 cm³/mol. The summed E-state index contributed by atoms with van der Waals surface area (Å²) in [5.41, 5.74) is 1.43. The quantitative estimate of drug-likeness (QED) is 0.741. The Kier molecular flexibility index (Phi) is 4.18. The number of carbonyl (C=O) groups excluding carboxylic acids is 2. The molecule has 2 N–H and O–H groups in total. The van der Waals surface area contributed by atoms with Crippen molar-refractivity contribution in [3.8, 4) is 11.5 Å². The van der Waals surface area contributed by atoms with Gasteiger partial charge in [-0.25, -0.2) is 4.98 Å². The van der Waals surface area contributed by atoms with Gasteiger partial charge in [-0.3, -0.25) is 14.9 Å². The first-order valence-electron chi connectivity index (χ1n) is 7.96. The molecule has 1 atom stereocenters. The molecule has 0 fully saturated rings. The van der Waals surface area contributed by atoms with Crippen molar-refractivity contribution in [3.63, 3.8) is 0 Å². The van der Waals surface area contributed by atoms with E-state index in [0.29, 0.717) is 22.3 Å². The lowest BCUT2D eigenvalue weighted by molar-refractivity contribution is -0.125. The molecule has 2 amide bonds. The average Bonchev–Trinajstić information content (AvgIpc) is 3.02.